The Hall–Kier alpha value is -2.15. The highest BCUT2D eigenvalue weighted by molar-refractivity contribution is 6.34. The zero-order valence-electron chi connectivity index (χ0n) is 12.7. The van der Waals surface area contributed by atoms with E-state index in [1.807, 2.05) is 13.8 Å². The van der Waals surface area contributed by atoms with E-state index in [1.165, 1.54) is 24.1 Å². The molecule has 0 saturated carbocycles. The number of hydrogen-bond acceptors (Lipinski definition) is 4. The highest BCUT2D eigenvalue weighted by Gasteiger charge is 2.21. The molecule has 120 valence electrons. The Morgan fingerprint density at radius 3 is 2.32 bits per heavy atom. The molecule has 8 heteroatoms. The molecule has 2 amide bonds. The molecular weight excluding hydrogens is 310 g/mol. The Morgan fingerprint density at radius 1 is 1.27 bits per heavy atom. The molecule has 1 rings (SSSR count). The molecule has 0 radical (unpaired) electrons. The number of nitro groups is 1. The zero-order chi connectivity index (χ0) is 16.9. The van der Waals surface area contributed by atoms with Crippen molar-refractivity contribution in [1.82, 2.24) is 9.80 Å². The number of carbonyl (C=O) groups excluding carboxylic acids is 2. The molecule has 0 heterocycles. The number of nitrogens with zero attached hydrogens (tertiary/aromatic N) is 3. The number of likely N-dealkylation sites (N-methyl/N-ethyl adjacent to an activating group) is 2. The van der Waals surface area contributed by atoms with Crippen LogP contribution in [0.4, 0.5) is 5.69 Å². The number of carbonyl (C=O) groups is 2. The minimum Gasteiger partial charge on any atom is -0.342 e. The van der Waals surface area contributed by atoms with Gasteiger partial charge in [0.15, 0.2) is 0 Å². The molecule has 1 aromatic rings. The molecule has 0 N–H and O–H groups in total. The van der Waals surface area contributed by atoms with Crippen LogP contribution in [0.1, 0.15) is 24.2 Å². The van der Waals surface area contributed by atoms with Crippen LogP contribution in [0.15, 0.2) is 18.2 Å². The molecule has 0 unspecified atom stereocenters. The summed E-state index contributed by atoms with van der Waals surface area (Å²) in [5, 5.41) is 10.6. The Bertz CT molecular complexity index is 587. The Labute approximate surface area is 133 Å². The van der Waals surface area contributed by atoms with Crippen molar-refractivity contribution in [2.24, 2.45) is 0 Å². The van der Waals surface area contributed by atoms with Crippen LogP contribution >= 0.6 is 11.6 Å². The van der Waals surface area contributed by atoms with Crippen molar-refractivity contribution >= 4 is 29.1 Å². The van der Waals surface area contributed by atoms with Gasteiger partial charge < -0.3 is 9.80 Å². The topological polar surface area (TPSA) is 83.8 Å². The number of rotatable bonds is 6. The van der Waals surface area contributed by atoms with Gasteiger partial charge in [0.1, 0.15) is 0 Å². The number of amides is 2. The van der Waals surface area contributed by atoms with Crippen LogP contribution < -0.4 is 0 Å². The lowest BCUT2D eigenvalue weighted by molar-refractivity contribution is -0.384. The molecule has 0 aliphatic carbocycles. The first-order chi connectivity index (χ1) is 10.3. The minimum atomic E-state index is -0.590. The first-order valence-electron chi connectivity index (χ1n) is 6.78. The summed E-state index contributed by atoms with van der Waals surface area (Å²) in [7, 11) is 1.49. The summed E-state index contributed by atoms with van der Waals surface area (Å²) in [5.41, 5.74) is -0.0643. The third-order valence-electron chi connectivity index (χ3n) is 3.23. The molecule has 0 bridgehead atoms. The van der Waals surface area contributed by atoms with Crippen molar-refractivity contribution in [3.63, 3.8) is 0 Å². The van der Waals surface area contributed by atoms with E-state index in [2.05, 4.69) is 0 Å². The first kappa shape index (κ1) is 17.9. The predicted molar refractivity (Wildman–Crippen MR) is 83.0 cm³/mol. The quantitative estimate of drug-likeness (QED) is 0.592. The molecule has 0 aliphatic rings. The SMILES string of the molecule is CCN(CC)C(=O)CN(C)C(=O)c1ccc([N+](=O)[O-])cc1Cl. The van der Waals surface area contributed by atoms with E-state index in [0.717, 1.165) is 6.07 Å². The molecule has 0 saturated heterocycles. The first-order valence-corrected chi connectivity index (χ1v) is 7.16. The molecule has 0 aromatic heterocycles. The van der Waals surface area contributed by atoms with Gasteiger partial charge in [-0.2, -0.15) is 0 Å². The fourth-order valence-corrected chi connectivity index (χ4v) is 2.20. The number of hydrogen-bond donors (Lipinski definition) is 0. The number of benzene rings is 1. The van der Waals surface area contributed by atoms with E-state index in [9.17, 15) is 19.7 Å². The summed E-state index contributed by atoms with van der Waals surface area (Å²) in [5.74, 6) is -0.626. The second kappa shape index (κ2) is 7.74. The maximum Gasteiger partial charge on any atom is 0.270 e. The third kappa shape index (κ3) is 4.17. The number of non-ortho nitro benzene ring substituents is 1. The van der Waals surface area contributed by atoms with Crippen molar-refractivity contribution in [3.05, 3.63) is 38.9 Å². The standard InChI is InChI=1S/C14H18ClN3O4/c1-4-17(5-2)13(19)9-16(3)14(20)11-7-6-10(18(21)22)8-12(11)15/h6-8H,4-5,9H2,1-3H3. The van der Waals surface area contributed by atoms with Crippen molar-refractivity contribution in [3.8, 4) is 0 Å². The van der Waals surface area contributed by atoms with Crippen LogP contribution in [0.2, 0.25) is 5.02 Å². The van der Waals surface area contributed by atoms with Gasteiger partial charge in [-0.25, -0.2) is 0 Å². The zero-order valence-corrected chi connectivity index (χ0v) is 13.5. The van der Waals surface area contributed by atoms with Crippen LogP contribution in [0.5, 0.6) is 0 Å². The van der Waals surface area contributed by atoms with E-state index >= 15 is 0 Å². The molecule has 1 aromatic carbocycles. The highest BCUT2D eigenvalue weighted by Crippen LogP contribution is 2.23. The van der Waals surface area contributed by atoms with Crippen LogP contribution in [0, 0.1) is 10.1 Å². The van der Waals surface area contributed by atoms with Crippen LogP contribution in [0.25, 0.3) is 0 Å². The number of nitro benzene ring substituents is 1. The normalized spacial score (nSPS) is 10.2. The minimum absolute atomic E-state index is 0.0126. The summed E-state index contributed by atoms with van der Waals surface area (Å²) in [4.78, 5) is 37.2. The largest absolute Gasteiger partial charge is 0.342 e. The lowest BCUT2D eigenvalue weighted by Gasteiger charge is -2.23. The summed E-state index contributed by atoms with van der Waals surface area (Å²) >= 11 is 5.92. The van der Waals surface area contributed by atoms with Gasteiger partial charge in [-0.1, -0.05) is 11.6 Å². The highest BCUT2D eigenvalue weighted by atomic mass is 35.5. The van der Waals surface area contributed by atoms with Gasteiger partial charge in [0.25, 0.3) is 11.6 Å². The molecular formula is C14H18ClN3O4. The van der Waals surface area contributed by atoms with E-state index in [-0.39, 0.29) is 28.7 Å². The van der Waals surface area contributed by atoms with Gasteiger partial charge in [-0.3, -0.25) is 19.7 Å². The maximum atomic E-state index is 12.3. The summed E-state index contributed by atoms with van der Waals surface area (Å²) in [6.45, 7) is 4.77. The van der Waals surface area contributed by atoms with E-state index in [0.29, 0.717) is 13.1 Å². The molecule has 0 spiro atoms. The Kier molecular flexibility index (Phi) is 6.30. The lowest BCUT2D eigenvalue weighted by Crippen LogP contribution is -2.41. The van der Waals surface area contributed by atoms with E-state index < -0.39 is 10.8 Å². The predicted octanol–water partition coefficient (Wildman–Crippen LogP) is 2.19. The van der Waals surface area contributed by atoms with Crippen LogP contribution in [-0.2, 0) is 4.79 Å². The van der Waals surface area contributed by atoms with E-state index in [1.54, 1.807) is 4.90 Å². The monoisotopic (exact) mass is 327 g/mol. The average molecular weight is 328 g/mol. The fourth-order valence-electron chi connectivity index (χ4n) is 1.95. The van der Waals surface area contributed by atoms with E-state index in [4.69, 9.17) is 11.6 Å². The van der Waals surface area contributed by atoms with Crippen molar-refractivity contribution < 1.29 is 14.5 Å². The second-order valence-electron chi connectivity index (χ2n) is 4.65. The van der Waals surface area contributed by atoms with Crippen molar-refractivity contribution in [1.29, 1.82) is 0 Å². The third-order valence-corrected chi connectivity index (χ3v) is 3.54. The number of halogens is 1. The molecule has 0 atom stereocenters. The average Bonchev–Trinajstić information content (AvgIpc) is 2.47. The molecule has 7 nitrogen and oxygen atoms in total. The maximum absolute atomic E-state index is 12.3. The summed E-state index contributed by atoms with van der Waals surface area (Å²) < 4.78 is 0. The van der Waals surface area contributed by atoms with Gasteiger partial charge in [-0.15, -0.1) is 0 Å². The van der Waals surface area contributed by atoms with Gasteiger partial charge in [0.2, 0.25) is 5.91 Å². The van der Waals surface area contributed by atoms with Crippen molar-refractivity contribution in [2.45, 2.75) is 13.8 Å². The molecule has 0 fully saturated rings. The summed E-state index contributed by atoms with van der Waals surface area (Å²) in [6.07, 6.45) is 0. The van der Waals surface area contributed by atoms with Gasteiger partial charge in [-0.05, 0) is 19.9 Å². The smallest absolute Gasteiger partial charge is 0.270 e. The molecule has 22 heavy (non-hydrogen) atoms. The van der Waals surface area contributed by atoms with Gasteiger partial charge in [0.05, 0.1) is 22.1 Å². The second-order valence-corrected chi connectivity index (χ2v) is 5.06. The van der Waals surface area contributed by atoms with Crippen LogP contribution in [-0.4, -0.2) is 53.2 Å². The fraction of sp³-hybridized carbons (Fsp3) is 0.429. The van der Waals surface area contributed by atoms with Gasteiger partial charge in [0, 0.05) is 32.3 Å². The van der Waals surface area contributed by atoms with Gasteiger partial charge >= 0.3 is 0 Å². The summed E-state index contributed by atoms with van der Waals surface area (Å²) in [6, 6.07) is 3.62. The van der Waals surface area contributed by atoms with Crippen LogP contribution in [0.3, 0.4) is 0 Å². The lowest BCUT2D eigenvalue weighted by atomic mass is 10.2. The van der Waals surface area contributed by atoms with Crippen molar-refractivity contribution in [2.75, 3.05) is 26.7 Å². The Morgan fingerprint density at radius 2 is 1.86 bits per heavy atom. The molecule has 0 aliphatic heterocycles. The Balaban J connectivity index is 2.87.